The Labute approximate surface area is 103 Å². The summed E-state index contributed by atoms with van der Waals surface area (Å²) >= 11 is 0. The summed E-state index contributed by atoms with van der Waals surface area (Å²) in [5, 5.41) is 3.52. The number of piperidine rings is 1. The molecule has 1 N–H and O–H groups in total. The highest BCUT2D eigenvalue weighted by Crippen LogP contribution is 2.38. The highest BCUT2D eigenvalue weighted by molar-refractivity contribution is 5.47. The van der Waals surface area contributed by atoms with Crippen molar-refractivity contribution in [3.05, 3.63) is 23.8 Å². The first-order valence-corrected chi connectivity index (χ1v) is 6.20. The lowest BCUT2D eigenvalue weighted by molar-refractivity contribution is 0.344. The van der Waals surface area contributed by atoms with Crippen LogP contribution in [0.4, 0.5) is 0 Å². The topological polar surface area (TPSA) is 30.5 Å². The molecule has 3 nitrogen and oxygen atoms in total. The third-order valence-electron chi connectivity index (χ3n) is 3.54. The largest absolute Gasteiger partial charge is 0.496 e. The average Bonchev–Trinajstić information content (AvgIpc) is 2.38. The van der Waals surface area contributed by atoms with Crippen LogP contribution in [0.25, 0.3) is 0 Å². The molecule has 17 heavy (non-hydrogen) atoms. The fourth-order valence-electron chi connectivity index (χ4n) is 2.53. The van der Waals surface area contributed by atoms with Gasteiger partial charge in [0, 0.05) is 24.1 Å². The van der Waals surface area contributed by atoms with Crippen molar-refractivity contribution in [2.24, 2.45) is 0 Å². The summed E-state index contributed by atoms with van der Waals surface area (Å²) in [6.45, 7) is 3.23. The maximum Gasteiger partial charge on any atom is 0.126 e. The minimum Gasteiger partial charge on any atom is -0.496 e. The number of hydrogen-bond acceptors (Lipinski definition) is 3. The monoisotopic (exact) mass is 235 g/mol. The van der Waals surface area contributed by atoms with Gasteiger partial charge in [-0.15, -0.1) is 0 Å². The Morgan fingerprint density at radius 1 is 1.12 bits per heavy atom. The Bertz CT molecular complexity index is 348. The van der Waals surface area contributed by atoms with E-state index in [1.165, 1.54) is 18.4 Å². The minimum atomic E-state index is 0.484. The molecular formula is C14H21NO2. The molecule has 1 aliphatic rings. The molecule has 1 aliphatic heterocycles. The van der Waals surface area contributed by atoms with E-state index in [9.17, 15) is 0 Å². The number of nitrogens with one attached hydrogen (secondary N) is 1. The van der Waals surface area contributed by atoms with Crippen molar-refractivity contribution < 1.29 is 9.47 Å². The maximum atomic E-state index is 5.46. The zero-order valence-corrected chi connectivity index (χ0v) is 10.8. The van der Waals surface area contributed by atoms with Gasteiger partial charge >= 0.3 is 0 Å². The predicted octanol–water partition coefficient (Wildman–Crippen LogP) is 2.56. The standard InChI is InChI=1S/C14H21NO2/c1-10-7-8-11(9-15-10)14-12(16-2)5-4-6-13(14)17-3/h4-6,10-11,15H,7-9H2,1-3H3. The quantitative estimate of drug-likeness (QED) is 0.873. The van der Waals surface area contributed by atoms with E-state index in [4.69, 9.17) is 9.47 Å². The van der Waals surface area contributed by atoms with Gasteiger partial charge in [0.25, 0.3) is 0 Å². The van der Waals surface area contributed by atoms with Crippen molar-refractivity contribution >= 4 is 0 Å². The summed E-state index contributed by atoms with van der Waals surface area (Å²) in [6, 6.07) is 6.61. The molecule has 0 radical (unpaired) electrons. The molecule has 0 aliphatic carbocycles. The van der Waals surface area contributed by atoms with Crippen molar-refractivity contribution in [3.63, 3.8) is 0 Å². The lowest BCUT2D eigenvalue weighted by Gasteiger charge is -2.29. The smallest absolute Gasteiger partial charge is 0.126 e. The van der Waals surface area contributed by atoms with E-state index in [0.717, 1.165) is 18.0 Å². The zero-order chi connectivity index (χ0) is 12.3. The average molecular weight is 235 g/mol. The molecule has 2 atom stereocenters. The number of methoxy groups -OCH3 is 2. The summed E-state index contributed by atoms with van der Waals surface area (Å²) < 4.78 is 10.9. The van der Waals surface area contributed by atoms with Gasteiger partial charge in [-0.3, -0.25) is 0 Å². The molecular weight excluding hydrogens is 214 g/mol. The SMILES string of the molecule is COc1cccc(OC)c1C1CCC(C)NC1. The van der Waals surface area contributed by atoms with Crippen LogP contribution in [0.5, 0.6) is 11.5 Å². The first-order chi connectivity index (χ1) is 8.26. The van der Waals surface area contributed by atoms with Gasteiger partial charge in [0.1, 0.15) is 11.5 Å². The molecule has 1 saturated heterocycles. The van der Waals surface area contributed by atoms with Crippen LogP contribution in [-0.2, 0) is 0 Å². The second kappa shape index (κ2) is 5.41. The van der Waals surface area contributed by atoms with Crippen LogP contribution >= 0.6 is 0 Å². The van der Waals surface area contributed by atoms with Crippen LogP contribution in [-0.4, -0.2) is 26.8 Å². The molecule has 0 amide bonds. The Kier molecular flexibility index (Phi) is 3.89. The summed E-state index contributed by atoms with van der Waals surface area (Å²) in [5.41, 5.74) is 1.21. The van der Waals surface area contributed by atoms with Crippen LogP contribution in [0, 0.1) is 0 Å². The second-order valence-corrected chi connectivity index (χ2v) is 4.66. The highest BCUT2D eigenvalue weighted by atomic mass is 16.5. The third kappa shape index (κ3) is 2.55. The van der Waals surface area contributed by atoms with E-state index in [1.54, 1.807) is 14.2 Å². The van der Waals surface area contributed by atoms with Crippen LogP contribution in [0.15, 0.2) is 18.2 Å². The summed E-state index contributed by atoms with van der Waals surface area (Å²) in [4.78, 5) is 0. The maximum absolute atomic E-state index is 5.46. The van der Waals surface area contributed by atoms with Gasteiger partial charge in [-0.2, -0.15) is 0 Å². The first-order valence-electron chi connectivity index (χ1n) is 6.20. The van der Waals surface area contributed by atoms with Crippen molar-refractivity contribution in [2.75, 3.05) is 20.8 Å². The van der Waals surface area contributed by atoms with Gasteiger partial charge in [-0.25, -0.2) is 0 Å². The third-order valence-corrected chi connectivity index (χ3v) is 3.54. The fourth-order valence-corrected chi connectivity index (χ4v) is 2.53. The number of rotatable bonds is 3. The Morgan fingerprint density at radius 2 is 1.76 bits per heavy atom. The van der Waals surface area contributed by atoms with Gasteiger partial charge in [0.2, 0.25) is 0 Å². The molecule has 2 unspecified atom stereocenters. The predicted molar refractivity (Wildman–Crippen MR) is 69.0 cm³/mol. The van der Waals surface area contributed by atoms with Crippen molar-refractivity contribution in [1.82, 2.24) is 5.32 Å². The zero-order valence-electron chi connectivity index (χ0n) is 10.8. The van der Waals surface area contributed by atoms with E-state index in [2.05, 4.69) is 12.2 Å². The van der Waals surface area contributed by atoms with Gasteiger partial charge in [-0.1, -0.05) is 6.07 Å². The summed E-state index contributed by atoms with van der Waals surface area (Å²) in [6.07, 6.45) is 2.39. The first kappa shape index (κ1) is 12.2. The Hall–Kier alpha value is -1.22. The van der Waals surface area contributed by atoms with Crippen LogP contribution in [0.3, 0.4) is 0 Å². The van der Waals surface area contributed by atoms with Crippen molar-refractivity contribution in [3.8, 4) is 11.5 Å². The molecule has 0 bridgehead atoms. The van der Waals surface area contributed by atoms with Gasteiger partial charge in [0.15, 0.2) is 0 Å². The molecule has 1 heterocycles. The number of hydrogen-bond donors (Lipinski definition) is 1. The van der Waals surface area contributed by atoms with Crippen LogP contribution < -0.4 is 14.8 Å². The normalized spacial score (nSPS) is 24.4. The molecule has 1 fully saturated rings. The molecule has 94 valence electrons. The van der Waals surface area contributed by atoms with E-state index < -0.39 is 0 Å². The second-order valence-electron chi connectivity index (χ2n) is 4.66. The highest BCUT2D eigenvalue weighted by Gasteiger charge is 2.24. The Morgan fingerprint density at radius 3 is 2.24 bits per heavy atom. The molecule has 0 spiro atoms. The van der Waals surface area contributed by atoms with Gasteiger partial charge in [0.05, 0.1) is 14.2 Å². The van der Waals surface area contributed by atoms with Gasteiger partial charge in [-0.05, 0) is 31.9 Å². The lowest BCUT2D eigenvalue weighted by Crippen LogP contribution is -2.36. The van der Waals surface area contributed by atoms with E-state index in [-0.39, 0.29) is 0 Å². The van der Waals surface area contributed by atoms with Gasteiger partial charge < -0.3 is 14.8 Å². The fraction of sp³-hybridized carbons (Fsp3) is 0.571. The lowest BCUT2D eigenvalue weighted by atomic mass is 9.88. The molecule has 0 saturated carbocycles. The van der Waals surface area contributed by atoms with Crippen molar-refractivity contribution in [1.29, 1.82) is 0 Å². The van der Waals surface area contributed by atoms with E-state index in [1.807, 2.05) is 18.2 Å². The summed E-state index contributed by atoms with van der Waals surface area (Å²) in [7, 11) is 3.44. The molecule has 0 aromatic heterocycles. The molecule has 2 rings (SSSR count). The van der Waals surface area contributed by atoms with Crippen LogP contribution in [0.1, 0.15) is 31.2 Å². The van der Waals surface area contributed by atoms with Crippen LogP contribution in [0.2, 0.25) is 0 Å². The summed E-state index contributed by atoms with van der Waals surface area (Å²) in [5.74, 6) is 2.36. The molecule has 1 aromatic carbocycles. The number of benzene rings is 1. The molecule has 3 heteroatoms. The van der Waals surface area contributed by atoms with E-state index in [0.29, 0.717) is 12.0 Å². The molecule has 1 aromatic rings. The van der Waals surface area contributed by atoms with Crippen molar-refractivity contribution in [2.45, 2.75) is 31.7 Å². The minimum absolute atomic E-state index is 0.484. The Balaban J connectivity index is 2.29. The van der Waals surface area contributed by atoms with E-state index >= 15 is 0 Å². The number of ether oxygens (including phenoxy) is 2.